The minimum absolute atomic E-state index is 0.195. The first-order chi connectivity index (χ1) is 12.7. The lowest BCUT2D eigenvalue weighted by atomic mass is 10.1. The van der Waals surface area contributed by atoms with E-state index in [-0.39, 0.29) is 11.8 Å². The van der Waals surface area contributed by atoms with Gasteiger partial charge in [-0.2, -0.15) is 5.10 Å². The molecule has 0 fully saturated rings. The first-order valence-electron chi connectivity index (χ1n) is 8.12. The number of aromatic hydroxyl groups is 1. The van der Waals surface area contributed by atoms with Gasteiger partial charge in [0.1, 0.15) is 11.6 Å². The molecule has 2 amide bonds. The number of fused-ring (bicyclic) bond motifs is 1. The minimum Gasteiger partial charge on any atom is -0.508 e. The Balaban J connectivity index is 1.65. The summed E-state index contributed by atoms with van der Waals surface area (Å²) >= 11 is 3.25. The van der Waals surface area contributed by atoms with E-state index in [2.05, 4.69) is 42.0 Å². The van der Waals surface area contributed by atoms with Crippen LogP contribution < -0.4 is 16.0 Å². The molecule has 0 aliphatic carbocycles. The summed E-state index contributed by atoms with van der Waals surface area (Å²) < 4.78 is 1.68. The fraction of sp³-hybridized carbons (Fsp3) is 0.235. The fourth-order valence-corrected chi connectivity index (χ4v) is 2.63. The Morgan fingerprint density at radius 3 is 2.85 bits per heavy atom. The number of carbonyl (C=O) groups is 1. The van der Waals surface area contributed by atoms with E-state index in [0.717, 1.165) is 16.5 Å². The molecule has 2 aromatic heterocycles. The highest BCUT2D eigenvalue weighted by Gasteiger charge is 2.09. The van der Waals surface area contributed by atoms with Crippen molar-refractivity contribution < 1.29 is 9.90 Å². The van der Waals surface area contributed by atoms with Crippen molar-refractivity contribution in [1.82, 2.24) is 25.2 Å². The third kappa shape index (κ3) is 4.42. The number of alkyl halides is 1. The first-order valence-corrected chi connectivity index (χ1v) is 9.25. The Labute approximate surface area is 158 Å². The van der Waals surface area contributed by atoms with Crippen molar-refractivity contribution in [3.05, 3.63) is 42.7 Å². The van der Waals surface area contributed by atoms with E-state index in [1.54, 1.807) is 28.9 Å². The average Bonchev–Trinajstić information content (AvgIpc) is 3.07. The molecule has 8 nitrogen and oxygen atoms in total. The molecule has 0 radical (unpaired) electrons. The second kappa shape index (κ2) is 8.52. The van der Waals surface area contributed by atoms with Crippen LogP contribution in [0.15, 0.2) is 42.7 Å². The average molecular weight is 419 g/mol. The van der Waals surface area contributed by atoms with Crippen molar-refractivity contribution in [3.8, 4) is 16.9 Å². The number of hydrogen-bond donors (Lipinski definition) is 4. The number of urea groups is 1. The van der Waals surface area contributed by atoms with Crippen molar-refractivity contribution >= 4 is 33.4 Å². The number of anilines is 1. The van der Waals surface area contributed by atoms with E-state index < -0.39 is 0 Å². The maximum atomic E-state index is 11.5. The lowest BCUT2D eigenvalue weighted by Crippen LogP contribution is -2.38. The fourth-order valence-electron chi connectivity index (χ4n) is 2.43. The molecule has 0 spiro atoms. The number of carbonyl (C=O) groups excluding carboxylic acids is 1. The molecule has 0 bridgehead atoms. The third-order valence-electron chi connectivity index (χ3n) is 3.62. The van der Waals surface area contributed by atoms with Gasteiger partial charge < -0.3 is 21.1 Å². The second-order valence-corrected chi connectivity index (χ2v) is 6.28. The molecule has 2 heterocycles. The number of nitrogens with zero attached hydrogens (tertiary/aromatic N) is 3. The van der Waals surface area contributed by atoms with Crippen LogP contribution in [0.1, 0.15) is 0 Å². The predicted octanol–water partition coefficient (Wildman–Crippen LogP) is 2.21. The van der Waals surface area contributed by atoms with Gasteiger partial charge in [0.15, 0.2) is 5.65 Å². The molecule has 0 saturated carbocycles. The SMILES string of the molecule is O=C(NCCBr)NCCNc1ccn2ncc(-c3cccc(O)c3)c2n1. The van der Waals surface area contributed by atoms with Gasteiger partial charge in [-0.05, 0) is 23.8 Å². The summed E-state index contributed by atoms with van der Waals surface area (Å²) in [4.78, 5) is 16.0. The second-order valence-electron chi connectivity index (χ2n) is 5.49. The summed E-state index contributed by atoms with van der Waals surface area (Å²) in [5.41, 5.74) is 2.36. The van der Waals surface area contributed by atoms with Crippen LogP contribution in [0, 0.1) is 0 Å². The summed E-state index contributed by atoms with van der Waals surface area (Å²) in [6.07, 6.45) is 3.53. The number of hydrogen-bond acceptors (Lipinski definition) is 5. The molecule has 3 aromatic rings. The minimum atomic E-state index is -0.198. The van der Waals surface area contributed by atoms with Crippen LogP contribution in [0.4, 0.5) is 10.6 Å². The number of amides is 2. The standard InChI is InChI=1S/C17H19BrN6O2/c18-5-6-20-17(26)21-8-7-19-15-4-9-24-16(23-15)14(11-22-24)12-2-1-3-13(25)10-12/h1-4,9-11,25H,5-8H2,(H,19,23)(H2,20,21,26). The van der Waals surface area contributed by atoms with Crippen molar-refractivity contribution in [2.75, 3.05) is 30.3 Å². The predicted molar refractivity (Wildman–Crippen MR) is 104 cm³/mol. The Morgan fingerprint density at radius 2 is 2.04 bits per heavy atom. The zero-order chi connectivity index (χ0) is 18.4. The van der Waals surface area contributed by atoms with Crippen LogP contribution in [-0.4, -0.2) is 50.7 Å². The van der Waals surface area contributed by atoms with Crippen molar-refractivity contribution in [2.45, 2.75) is 0 Å². The molecular weight excluding hydrogens is 400 g/mol. The molecule has 4 N–H and O–H groups in total. The van der Waals surface area contributed by atoms with Gasteiger partial charge >= 0.3 is 6.03 Å². The Kier molecular flexibility index (Phi) is 5.90. The molecular formula is C17H19BrN6O2. The van der Waals surface area contributed by atoms with E-state index >= 15 is 0 Å². The molecule has 0 unspecified atom stereocenters. The van der Waals surface area contributed by atoms with E-state index in [4.69, 9.17) is 0 Å². The van der Waals surface area contributed by atoms with Crippen LogP contribution in [0.3, 0.4) is 0 Å². The summed E-state index contributed by atoms with van der Waals surface area (Å²) in [6, 6.07) is 8.59. The highest BCUT2D eigenvalue weighted by Crippen LogP contribution is 2.26. The maximum Gasteiger partial charge on any atom is 0.314 e. The summed E-state index contributed by atoms with van der Waals surface area (Å²) in [6.45, 7) is 1.59. The van der Waals surface area contributed by atoms with Gasteiger partial charge in [0.2, 0.25) is 0 Å². The molecule has 9 heteroatoms. The molecule has 26 heavy (non-hydrogen) atoms. The molecule has 0 saturated heterocycles. The van der Waals surface area contributed by atoms with Gasteiger partial charge in [-0.1, -0.05) is 28.1 Å². The molecule has 3 rings (SSSR count). The Hall–Kier alpha value is -2.81. The summed E-state index contributed by atoms with van der Waals surface area (Å²) in [7, 11) is 0. The highest BCUT2D eigenvalue weighted by atomic mass is 79.9. The Bertz CT molecular complexity index is 898. The maximum absolute atomic E-state index is 11.5. The van der Waals surface area contributed by atoms with Gasteiger partial charge in [0, 0.05) is 36.7 Å². The summed E-state index contributed by atoms with van der Waals surface area (Å²) in [5.74, 6) is 0.877. The number of rotatable bonds is 7. The van der Waals surface area contributed by atoms with Gasteiger partial charge in [-0.3, -0.25) is 0 Å². The quantitative estimate of drug-likeness (QED) is 0.347. The molecule has 0 aliphatic rings. The number of nitrogens with one attached hydrogen (secondary N) is 3. The lowest BCUT2D eigenvalue weighted by molar-refractivity contribution is 0.242. The van der Waals surface area contributed by atoms with Crippen molar-refractivity contribution in [2.24, 2.45) is 0 Å². The smallest absolute Gasteiger partial charge is 0.314 e. The monoisotopic (exact) mass is 418 g/mol. The van der Waals surface area contributed by atoms with Crippen LogP contribution in [0.5, 0.6) is 5.75 Å². The van der Waals surface area contributed by atoms with E-state index in [1.165, 1.54) is 0 Å². The van der Waals surface area contributed by atoms with Crippen LogP contribution in [-0.2, 0) is 0 Å². The zero-order valence-electron chi connectivity index (χ0n) is 13.9. The molecule has 0 aliphatic heterocycles. The third-order valence-corrected chi connectivity index (χ3v) is 4.02. The van der Waals surface area contributed by atoms with Crippen LogP contribution in [0.25, 0.3) is 16.8 Å². The van der Waals surface area contributed by atoms with E-state index in [1.807, 2.05) is 18.3 Å². The molecule has 136 valence electrons. The van der Waals surface area contributed by atoms with E-state index in [9.17, 15) is 9.90 Å². The number of phenols is 1. The number of halogens is 1. The molecule has 1 aromatic carbocycles. The van der Waals surface area contributed by atoms with Gasteiger partial charge in [-0.15, -0.1) is 0 Å². The van der Waals surface area contributed by atoms with Gasteiger partial charge in [-0.25, -0.2) is 14.3 Å². The Morgan fingerprint density at radius 1 is 1.19 bits per heavy atom. The van der Waals surface area contributed by atoms with Crippen LogP contribution in [0.2, 0.25) is 0 Å². The van der Waals surface area contributed by atoms with Crippen molar-refractivity contribution in [1.29, 1.82) is 0 Å². The lowest BCUT2D eigenvalue weighted by Gasteiger charge is -2.08. The topological polar surface area (TPSA) is 104 Å². The zero-order valence-corrected chi connectivity index (χ0v) is 15.5. The van der Waals surface area contributed by atoms with Crippen LogP contribution >= 0.6 is 15.9 Å². The number of aromatic nitrogens is 3. The highest BCUT2D eigenvalue weighted by molar-refractivity contribution is 9.09. The number of phenolic OH excluding ortho intramolecular Hbond substituents is 1. The summed E-state index contributed by atoms with van der Waals surface area (Å²) in [5, 5.41) is 23.3. The number of benzene rings is 1. The van der Waals surface area contributed by atoms with E-state index in [0.29, 0.717) is 31.1 Å². The van der Waals surface area contributed by atoms with Crippen molar-refractivity contribution in [3.63, 3.8) is 0 Å². The normalized spacial score (nSPS) is 10.7. The van der Waals surface area contributed by atoms with Gasteiger partial charge in [0.25, 0.3) is 0 Å². The first kappa shape index (κ1) is 18.0. The largest absolute Gasteiger partial charge is 0.508 e. The molecule has 0 atom stereocenters. The van der Waals surface area contributed by atoms with Gasteiger partial charge in [0.05, 0.1) is 6.20 Å².